The minimum atomic E-state index is 0.241. The summed E-state index contributed by atoms with van der Waals surface area (Å²) < 4.78 is 0. The number of hydrogen-bond donors (Lipinski definition) is 2. The van der Waals surface area contributed by atoms with Crippen LogP contribution in [0.3, 0.4) is 0 Å². The highest BCUT2D eigenvalue weighted by molar-refractivity contribution is 5.47. The maximum atomic E-state index is 5.92. The third-order valence-corrected chi connectivity index (χ3v) is 2.20. The monoisotopic (exact) mass is 205 g/mol. The molecule has 3 heteroatoms. The first-order valence-corrected chi connectivity index (χ1v) is 5.29. The molecule has 82 valence electrons. The minimum Gasteiger partial charge on any atom is -0.327 e. The Morgan fingerprint density at radius 1 is 1.60 bits per heavy atom. The lowest BCUT2D eigenvalue weighted by Crippen LogP contribution is -2.24. The number of aromatic nitrogens is 1. The van der Waals surface area contributed by atoms with Gasteiger partial charge in [-0.1, -0.05) is 18.2 Å². The van der Waals surface area contributed by atoms with Crippen LogP contribution in [0.2, 0.25) is 0 Å². The number of hydrogen-bond acceptors (Lipinski definition) is 3. The Kier molecular flexibility index (Phi) is 5.66. The summed E-state index contributed by atoms with van der Waals surface area (Å²) in [5.41, 5.74) is 7.04. The Bertz CT molecular complexity index is 282. The molecule has 1 aromatic rings. The number of nitrogens with one attached hydrogen (secondary N) is 1. The Labute approximate surface area is 91.4 Å². The standard InChI is InChI=1S/C12H19N3/c1-14-9-7-12(13)6-2-4-11-5-3-8-15-10-11/h2-5,8,10,12,14H,6-7,9,13H2,1H3/b4-2+. The highest BCUT2D eigenvalue weighted by Crippen LogP contribution is 2.02. The van der Waals surface area contributed by atoms with Crippen molar-refractivity contribution < 1.29 is 0 Å². The van der Waals surface area contributed by atoms with Crippen LogP contribution in [0.25, 0.3) is 6.08 Å². The van der Waals surface area contributed by atoms with Crippen molar-refractivity contribution in [2.75, 3.05) is 13.6 Å². The molecule has 0 aromatic carbocycles. The van der Waals surface area contributed by atoms with Crippen LogP contribution in [0.1, 0.15) is 18.4 Å². The molecule has 0 amide bonds. The Hall–Kier alpha value is -1.19. The lowest BCUT2D eigenvalue weighted by molar-refractivity contribution is 0.594. The normalized spacial score (nSPS) is 13.2. The van der Waals surface area contributed by atoms with Gasteiger partial charge in [0.1, 0.15) is 0 Å². The van der Waals surface area contributed by atoms with Crippen LogP contribution in [-0.2, 0) is 0 Å². The van der Waals surface area contributed by atoms with E-state index in [1.54, 1.807) is 6.20 Å². The molecule has 0 bridgehead atoms. The zero-order chi connectivity index (χ0) is 10.9. The summed E-state index contributed by atoms with van der Waals surface area (Å²) >= 11 is 0. The van der Waals surface area contributed by atoms with E-state index < -0.39 is 0 Å². The van der Waals surface area contributed by atoms with Gasteiger partial charge in [-0.2, -0.15) is 0 Å². The molecular weight excluding hydrogens is 186 g/mol. The van der Waals surface area contributed by atoms with Crippen LogP contribution < -0.4 is 11.1 Å². The Balaban J connectivity index is 2.27. The van der Waals surface area contributed by atoms with E-state index in [9.17, 15) is 0 Å². The summed E-state index contributed by atoms with van der Waals surface area (Å²) in [6.07, 6.45) is 9.71. The second-order valence-electron chi connectivity index (χ2n) is 3.58. The van der Waals surface area contributed by atoms with Crippen LogP contribution in [0.15, 0.2) is 30.6 Å². The van der Waals surface area contributed by atoms with Crippen molar-refractivity contribution in [3.05, 3.63) is 36.2 Å². The molecule has 1 unspecified atom stereocenters. The lowest BCUT2D eigenvalue weighted by Gasteiger charge is -2.07. The molecule has 0 aliphatic carbocycles. The van der Waals surface area contributed by atoms with Crippen molar-refractivity contribution in [2.45, 2.75) is 18.9 Å². The zero-order valence-electron chi connectivity index (χ0n) is 9.19. The van der Waals surface area contributed by atoms with Gasteiger partial charge in [-0.3, -0.25) is 4.98 Å². The predicted octanol–water partition coefficient (Wildman–Crippen LogP) is 1.42. The van der Waals surface area contributed by atoms with Gasteiger partial charge in [0.2, 0.25) is 0 Å². The van der Waals surface area contributed by atoms with Crippen LogP contribution in [0.5, 0.6) is 0 Å². The Morgan fingerprint density at radius 2 is 2.47 bits per heavy atom. The van der Waals surface area contributed by atoms with E-state index >= 15 is 0 Å². The maximum absolute atomic E-state index is 5.92. The maximum Gasteiger partial charge on any atom is 0.0340 e. The molecular formula is C12H19N3. The van der Waals surface area contributed by atoms with Gasteiger partial charge < -0.3 is 11.1 Å². The van der Waals surface area contributed by atoms with E-state index in [4.69, 9.17) is 5.73 Å². The summed E-state index contributed by atoms with van der Waals surface area (Å²) in [5, 5.41) is 3.09. The Morgan fingerprint density at radius 3 is 3.13 bits per heavy atom. The highest BCUT2D eigenvalue weighted by Gasteiger charge is 1.97. The first kappa shape index (κ1) is 11.9. The molecule has 1 heterocycles. The van der Waals surface area contributed by atoms with Crippen molar-refractivity contribution in [2.24, 2.45) is 5.73 Å². The molecule has 1 rings (SSSR count). The van der Waals surface area contributed by atoms with E-state index in [0.29, 0.717) is 0 Å². The van der Waals surface area contributed by atoms with Gasteiger partial charge in [0, 0.05) is 18.4 Å². The molecule has 3 N–H and O–H groups in total. The van der Waals surface area contributed by atoms with Crippen molar-refractivity contribution in [3.63, 3.8) is 0 Å². The van der Waals surface area contributed by atoms with Crippen molar-refractivity contribution in [1.29, 1.82) is 0 Å². The third-order valence-electron chi connectivity index (χ3n) is 2.20. The zero-order valence-corrected chi connectivity index (χ0v) is 9.19. The topological polar surface area (TPSA) is 50.9 Å². The fourth-order valence-corrected chi connectivity index (χ4v) is 1.30. The molecule has 1 aromatic heterocycles. The SMILES string of the molecule is CNCCC(N)C/C=C/c1cccnc1. The number of nitrogens with zero attached hydrogens (tertiary/aromatic N) is 1. The fourth-order valence-electron chi connectivity index (χ4n) is 1.30. The summed E-state index contributed by atoms with van der Waals surface area (Å²) in [6.45, 7) is 0.974. The van der Waals surface area contributed by atoms with Gasteiger partial charge in [-0.15, -0.1) is 0 Å². The van der Waals surface area contributed by atoms with Crippen LogP contribution in [0, 0.1) is 0 Å². The summed E-state index contributed by atoms with van der Waals surface area (Å²) in [5.74, 6) is 0. The highest BCUT2D eigenvalue weighted by atomic mass is 14.8. The van der Waals surface area contributed by atoms with Gasteiger partial charge in [-0.05, 0) is 38.1 Å². The van der Waals surface area contributed by atoms with Gasteiger partial charge >= 0.3 is 0 Å². The molecule has 3 nitrogen and oxygen atoms in total. The minimum absolute atomic E-state index is 0.241. The molecule has 15 heavy (non-hydrogen) atoms. The smallest absolute Gasteiger partial charge is 0.0340 e. The predicted molar refractivity (Wildman–Crippen MR) is 64.4 cm³/mol. The van der Waals surface area contributed by atoms with Crippen LogP contribution in [-0.4, -0.2) is 24.6 Å². The lowest BCUT2D eigenvalue weighted by atomic mass is 10.1. The molecule has 0 spiro atoms. The second kappa shape index (κ2) is 7.15. The average Bonchev–Trinajstić information content (AvgIpc) is 2.28. The molecule has 0 fully saturated rings. The van der Waals surface area contributed by atoms with E-state index in [1.165, 1.54) is 0 Å². The summed E-state index contributed by atoms with van der Waals surface area (Å²) in [4.78, 5) is 4.04. The summed E-state index contributed by atoms with van der Waals surface area (Å²) in [6, 6.07) is 4.20. The van der Waals surface area contributed by atoms with Crippen molar-refractivity contribution in [3.8, 4) is 0 Å². The van der Waals surface area contributed by atoms with Gasteiger partial charge in [0.05, 0.1) is 0 Å². The van der Waals surface area contributed by atoms with E-state index in [2.05, 4.69) is 22.5 Å². The molecule has 0 saturated carbocycles. The van der Waals surface area contributed by atoms with Crippen molar-refractivity contribution in [1.82, 2.24) is 10.3 Å². The average molecular weight is 205 g/mol. The first-order valence-electron chi connectivity index (χ1n) is 5.29. The summed E-state index contributed by atoms with van der Waals surface area (Å²) in [7, 11) is 1.94. The molecule has 0 aliphatic heterocycles. The number of pyridine rings is 1. The van der Waals surface area contributed by atoms with Gasteiger partial charge in [-0.25, -0.2) is 0 Å². The van der Waals surface area contributed by atoms with E-state index in [1.807, 2.05) is 25.4 Å². The van der Waals surface area contributed by atoms with Crippen molar-refractivity contribution >= 4 is 6.08 Å². The van der Waals surface area contributed by atoms with Crippen LogP contribution in [0.4, 0.5) is 0 Å². The molecule has 0 radical (unpaired) electrons. The molecule has 1 atom stereocenters. The van der Waals surface area contributed by atoms with Crippen LogP contribution >= 0.6 is 0 Å². The van der Waals surface area contributed by atoms with Gasteiger partial charge in [0.15, 0.2) is 0 Å². The molecule has 0 saturated heterocycles. The van der Waals surface area contributed by atoms with E-state index in [-0.39, 0.29) is 6.04 Å². The first-order chi connectivity index (χ1) is 7.33. The largest absolute Gasteiger partial charge is 0.327 e. The van der Waals surface area contributed by atoms with Gasteiger partial charge in [0.25, 0.3) is 0 Å². The fraction of sp³-hybridized carbons (Fsp3) is 0.417. The molecule has 0 aliphatic rings. The number of nitrogens with two attached hydrogens (primary N) is 1. The second-order valence-corrected chi connectivity index (χ2v) is 3.58. The van der Waals surface area contributed by atoms with E-state index in [0.717, 1.165) is 24.9 Å². The number of rotatable bonds is 6. The quantitative estimate of drug-likeness (QED) is 0.738. The third kappa shape index (κ3) is 5.30.